The Balaban J connectivity index is 1.56. The summed E-state index contributed by atoms with van der Waals surface area (Å²) in [6, 6.07) is 8.48. The van der Waals surface area contributed by atoms with Gasteiger partial charge in [-0.1, -0.05) is 31.9 Å². The van der Waals surface area contributed by atoms with Crippen LogP contribution in [0.4, 0.5) is 0 Å². The van der Waals surface area contributed by atoms with Gasteiger partial charge in [0.25, 0.3) is 0 Å². The molecular formula is C23H32N2O2. The van der Waals surface area contributed by atoms with Crippen molar-refractivity contribution < 1.29 is 9.47 Å². The van der Waals surface area contributed by atoms with Crippen LogP contribution in [-0.4, -0.2) is 29.1 Å². The zero-order valence-electron chi connectivity index (χ0n) is 16.6. The van der Waals surface area contributed by atoms with E-state index in [1.807, 2.05) is 23.1 Å². The van der Waals surface area contributed by atoms with Gasteiger partial charge >= 0.3 is 0 Å². The number of ether oxygens (including phenoxy) is 2. The van der Waals surface area contributed by atoms with Gasteiger partial charge in [0.2, 0.25) is 0 Å². The van der Waals surface area contributed by atoms with Gasteiger partial charge in [-0.05, 0) is 60.8 Å². The van der Waals surface area contributed by atoms with E-state index in [0.717, 1.165) is 37.5 Å². The van der Waals surface area contributed by atoms with E-state index in [1.165, 1.54) is 36.8 Å². The van der Waals surface area contributed by atoms with Crippen LogP contribution < -0.4 is 4.74 Å². The second-order valence-electron chi connectivity index (χ2n) is 8.26. The predicted molar refractivity (Wildman–Crippen MR) is 107 cm³/mol. The fraction of sp³-hybridized carbons (Fsp3) is 0.609. The SMILES string of the molecule is CCCC1CC[C@@H]2Cc3cccc(OC)c3C[C@H]2O[C@@H](Cn2cccn2)C1. The average molecular weight is 369 g/mol. The smallest absolute Gasteiger partial charge is 0.122 e. The molecule has 4 rings (SSSR count). The van der Waals surface area contributed by atoms with Crippen LogP contribution in [0.3, 0.4) is 0 Å². The molecule has 1 unspecified atom stereocenters. The summed E-state index contributed by atoms with van der Waals surface area (Å²) < 4.78 is 14.5. The van der Waals surface area contributed by atoms with E-state index < -0.39 is 0 Å². The van der Waals surface area contributed by atoms with Crippen LogP contribution in [0.5, 0.6) is 5.75 Å². The van der Waals surface area contributed by atoms with Crippen molar-refractivity contribution in [3.05, 3.63) is 47.8 Å². The van der Waals surface area contributed by atoms with E-state index in [0.29, 0.717) is 5.92 Å². The largest absolute Gasteiger partial charge is 0.496 e. The van der Waals surface area contributed by atoms with Crippen LogP contribution in [0, 0.1) is 11.8 Å². The maximum absolute atomic E-state index is 6.79. The number of benzene rings is 1. The fourth-order valence-electron chi connectivity index (χ4n) is 5.10. The summed E-state index contributed by atoms with van der Waals surface area (Å²) in [5.41, 5.74) is 2.81. The summed E-state index contributed by atoms with van der Waals surface area (Å²) in [6.45, 7) is 3.16. The first kappa shape index (κ1) is 18.5. The van der Waals surface area contributed by atoms with Crippen molar-refractivity contribution in [2.24, 2.45) is 11.8 Å². The third-order valence-electron chi connectivity index (χ3n) is 6.42. The number of methoxy groups -OCH3 is 1. The molecule has 2 heterocycles. The van der Waals surface area contributed by atoms with E-state index >= 15 is 0 Å². The lowest BCUT2D eigenvalue weighted by Crippen LogP contribution is -2.40. The molecule has 1 aliphatic heterocycles. The van der Waals surface area contributed by atoms with Crippen molar-refractivity contribution in [3.8, 4) is 5.75 Å². The molecule has 2 aromatic rings. The Morgan fingerprint density at radius 1 is 1.22 bits per heavy atom. The Hall–Kier alpha value is -1.81. The van der Waals surface area contributed by atoms with E-state index in [1.54, 1.807) is 7.11 Å². The van der Waals surface area contributed by atoms with Gasteiger partial charge in [0.15, 0.2) is 0 Å². The Kier molecular flexibility index (Phi) is 5.82. The van der Waals surface area contributed by atoms with Crippen molar-refractivity contribution in [2.45, 2.75) is 70.6 Å². The van der Waals surface area contributed by atoms with Crippen LogP contribution in [0.1, 0.15) is 50.2 Å². The van der Waals surface area contributed by atoms with Gasteiger partial charge in [-0.15, -0.1) is 0 Å². The van der Waals surface area contributed by atoms with Crippen LogP contribution >= 0.6 is 0 Å². The van der Waals surface area contributed by atoms with Crippen molar-refractivity contribution in [3.63, 3.8) is 0 Å². The highest BCUT2D eigenvalue weighted by Gasteiger charge is 2.35. The molecule has 27 heavy (non-hydrogen) atoms. The van der Waals surface area contributed by atoms with Gasteiger partial charge in [0.1, 0.15) is 5.75 Å². The summed E-state index contributed by atoms with van der Waals surface area (Å²) >= 11 is 0. The molecule has 4 heteroatoms. The number of rotatable bonds is 5. The molecule has 1 aliphatic carbocycles. The molecule has 0 saturated carbocycles. The average Bonchev–Trinajstić information content (AvgIpc) is 3.17. The molecule has 146 valence electrons. The third-order valence-corrected chi connectivity index (χ3v) is 6.42. The number of nitrogens with zero attached hydrogens (tertiary/aromatic N) is 2. The zero-order chi connectivity index (χ0) is 18.6. The summed E-state index contributed by atoms with van der Waals surface area (Å²) in [5, 5.41) is 4.42. The lowest BCUT2D eigenvalue weighted by molar-refractivity contribution is -0.0780. The minimum atomic E-state index is 0.241. The number of aromatic nitrogens is 2. The first-order chi connectivity index (χ1) is 13.3. The molecule has 0 spiro atoms. The number of hydrogen-bond acceptors (Lipinski definition) is 3. The molecule has 0 radical (unpaired) electrons. The lowest BCUT2D eigenvalue weighted by atomic mass is 9.76. The Morgan fingerprint density at radius 2 is 2.15 bits per heavy atom. The first-order valence-electron chi connectivity index (χ1n) is 10.5. The normalized spacial score (nSPS) is 27.9. The highest BCUT2D eigenvalue weighted by atomic mass is 16.5. The maximum Gasteiger partial charge on any atom is 0.122 e. The van der Waals surface area contributed by atoms with Gasteiger partial charge in [0.05, 0.1) is 25.9 Å². The van der Waals surface area contributed by atoms with Crippen LogP contribution in [0.2, 0.25) is 0 Å². The monoisotopic (exact) mass is 368 g/mol. The van der Waals surface area contributed by atoms with Crippen LogP contribution in [-0.2, 0) is 24.1 Å². The van der Waals surface area contributed by atoms with Gasteiger partial charge < -0.3 is 9.47 Å². The van der Waals surface area contributed by atoms with Gasteiger partial charge in [-0.25, -0.2) is 0 Å². The zero-order valence-corrected chi connectivity index (χ0v) is 16.6. The summed E-state index contributed by atoms with van der Waals surface area (Å²) in [6.07, 6.45) is 12.8. The Morgan fingerprint density at radius 3 is 2.93 bits per heavy atom. The van der Waals surface area contributed by atoms with Crippen molar-refractivity contribution in [2.75, 3.05) is 7.11 Å². The molecule has 2 aliphatic rings. The Bertz CT molecular complexity index is 728. The second kappa shape index (κ2) is 8.47. The van der Waals surface area contributed by atoms with Gasteiger partial charge in [-0.2, -0.15) is 5.10 Å². The molecule has 0 amide bonds. The third kappa shape index (κ3) is 4.21. The molecule has 1 aromatic carbocycles. The lowest BCUT2D eigenvalue weighted by Gasteiger charge is -2.39. The standard InChI is InChI=1S/C23H32N2O2/c1-3-6-17-9-10-19-14-18-7-4-8-22(26-2)21(18)15-23(19)27-20(13-17)16-25-12-5-11-24-25/h4-5,7-8,11-12,17,19-20,23H,3,6,9-10,13-16H2,1-2H3/t17?,19-,20-,23-/m1/s1. The van der Waals surface area contributed by atoms with Crippen molar-refractivity contribution in [1.29, 1.82) is 0 Å². The van der Waals surface area contributed by atoms with Crippen LogP contribution in [0.25, 0.3) is 0 Å². The molecule has 1 aromatic heterocycles. The van der Waals surface area contributed by atoms with Gasteiger partial charge in [-0.3, -0.25) is 4.68 Å². The minimum absolute atomic E-state index is 0.241. The second-order valence-corrected chi connectivity index (χ2v) is 8.26. The molecule has 0 bridgehead atoms. The first-order valence-corrected chi connectivity index (χ1v) is 10.5. The molecule has 4 atom stereocenters. The number of hydrogen-bond donors (Lipinski definition) is 0. The minimum Gasteiger partial charge on any atom is -0.496 e. The van der Waals surface area contributed by atoms with E-state index in [2.05, 4.69) is 30.2 Å². The highest BCUT2D eigenvalue weighted by Crippen LogP contribution is 2.39. The van der Waals surface area contributed by atoms with Crippen LogP contribution in [0.15, 0.2) is 36.7 Å². The van der Waals surface area contributed by atoms with Gasteiger partial charge in [0, 0.05) is 18.8 Å². The fourth-order valence-corrected chi connectivity index (χ4v) is 5.10. The topological polar surface area (TPSA) is 36.3 Å². The summed E-state index contributed by atoms with van der Waals surface area (Å²) in [4.78, 5) is 0. The predicted octanol–water partition coefficient (Wildman–Crippen LogP) is 4.66. The van der Waals surface area contributed by atoms with Crippen molar-refractivity contribution in [1.82, 2.24) is 9.78 Å². The van der Waals surface area contributed by atoms with Crippen molar-refractivity contribution >= 4 is 0 Å². The Labute approximate surface area is 162 Å². The van der Waals surface area contributed by atoms with E-state index in [9.17, 15) is 0 Å². The van der Waals surface area contributed by atoms with E-state index in [4.69, 9.17) is 9.47 Å². The number of fused-ring (bicyclic) bond motifs is 2. The highest BCUT2D eigenvalue weighted by molar-refractivity contribution is 5.42. The summed E-state index contributed by atoms with van der Waals surface area (Å²) in [7, 11) is 1.77. The summed E-state index contributed by atoms with van der Waals surface area (Å²) in [5.74, 6) is 2.40. The quantitative estimate of drug-likeness (QED) is 0.770. The van der Waals surface area contributed by atoms with E-state index in [-0.39, 0.29) is 12.2 Å². The molecule has 1 saturated heterocycles. The molecule has 4 nitrogen and oxygen atoms in total. The molecular weight excluding hydrogens is 336 g/mol. The molecule has 0 N–H and O–H groups in total. The molecule has 1 fully saturated rings. The maximum atomic E-state index is 6.79.